The molecule has 0 N–H and O–H groups in total. The lowest BCUT2D eigenvalue weighted by atomic mass is 9.90. The molecule has 3 atom stereocenters. The lowest BCUT2D eigenvalue weighted by Crippen LogP contribution is -2.57. The fourth-order valence-electron chi connectivity index (χ4n) is 4.24. The Kier molecular flexibility index (Phi) is 6.63. The Hall–Kier alpha value is -1.86. The summed E-state index contributed by atoms with van der Waals surface area (Å²) in [5.41, 5.74) is 0.474. The standard InChI is InChI=1S/C22H30ClFN2O4/c1-13(2)10-16(19-21(28)30-22(4,5)29-19)20(27)26-9-8-25(12-14(26)3)18-7-6-15(23)11-17(18)24/h6-7,11,13-14,16,19H,8-10,12H2,1-5H3/t14-,16+,19?/m1/s1. The maximum absolute atomic E-state index is 14.3. The van der Waals surface area contributed by atoms with E-state index in [9.17, 15) is 14.0 Å². The second kappa shape index (κ2) is 8.71. The fraction of sp³-hybridized carbons (Fsp3) is 0.636. The highest BCUT2D eigenvalue weighted by Crippen LogP contribution is 2.33. The monoisotopic (exact) mass is 440 g/mol. The first-order chi connectivity index (χ1) is 14.0. The number of carbonyl (C=O) groups excluding carboxylic acids is 2. The van der Waals surface area contributed by atoms with Gasteiger partial charge in [0.2, 0.25) is 11.7 Å². The number of piperazine rings is 1. The predicted octanol–water partition coefficient (Wildman–Crippen LogP) is 3.86. The van der Waals surface area contributed by atoms with E-state index in [1.807, 2.05) is 25.7 Å². The second-order valence-electron chi connectivity index (χ2n) is 9.02. The molecule has 2 aliphatic rings. The molecule has 0 radical (unpaired) electrons. The van der Waals surface area contributed by atoms with Crippen LogP contribution in [0.4, 0.5) is 10.1 Å². The topological polar surface area (TPSA) is 59.1 Å². The number of nitrogens with zero attached hydrogens (tertiary/aromatic N) is 2. The summed E-state index contributed by atoms with van der Waals surface area (Å²) in [6.45, 7) is 10.7. The number of anilines is 1. The third kappa shape index (κ3) is 4.89. The van der Waals surface area contributed by atoms with Crippen LogP contribution >= 0.6 is 11.6 Å². The van der Waals surface area contributed by atoms with Gasteiger partial charge < -0.3 is 19.3 Å². The van der Waals surface area contributed by atoms with E-state index in [0.29, 0.717) is 36.8 Å². The van der Waals surface area contributed by atoms with Crippen LogP contribution in [0.5, 0.6) is 0 Å². The zero-order valence-corrected chi connectivity index (χ0v) is 18.9. The van der Waals surface area contributed by atoms with Gasteiger partial charge in [-0.1, -0.05) is 25.4 Å². The average Bonchev–Trinajstić information content (AvgIpc) is 2.91. The number of amides is 1. The largest absolute Gasteiger partial charge is 0.432 e. The van der Waals surface area contributed by atoms with Crippen molar-refractivity contribution in [2.24, 2.45) is 11.8 Å². The first-order valence-corrected chi connectivity index (χ1v) is 10.8. The van der Waals surface area contributed by atoms with Crippen LogP contribution < -0.4 is 4.90 Å². The van der Waals surface area contributed by atoms with Gasteiger partial charge in [-0.15, -0.1) is 0 Å². The Morgan fingerprint density at radius 3 is 2.57 bits per heavy atom. The summed E-state index contributed by atoms with van der Waals surface area (Å²) in [5, 5.41) is 0.348. The van der Waals surface area contributed by atoms with Gasteiger partial charge in [0, 0.05) is 44.5 Å². The average molecular weight is 441 g/mol. The summed E-state index contributed by atoms with van der Waals surface area (Å²) in [6.07, 6.45) is -0.387. The fourth-order valence-corrected chi connectivity index (χ4v) is 4.40. The van der Waals surface area contributed by atoms with Crippen LogP contribution in [0.2, 0.25) is 5.02 Å². The molecule has 3 rings (SSSR count). The van der Waals surface area contributed by atoms with Gasteiger partial charge in [0.25, 0.3) is 0 Å². The predicted molar refractivity (Wildman–Crippen MR) is 113 cm³/mol. The van der Waals surface area contributed by atoms with Gasteiger partial charge >= 0.3 is 5.97 Å². The number of ether oxygens (including phenoxy) is 2. The summed E-state index contributed by atoms with van der Waals surface area (Å²) in [7, 11) is 0. The molecule has 2 saturated heterocycles. The van der Waals surface area contributed by atoms with Gasteiger partial charge in [0.1, 0.15) is 5.82 Å². The first-order valence-electron chi connectivity index (χ1n) is 10.4. The van der Waals surface area contributed by atoms with Crippen LogP contribution in [-0.2, 0) is 19.1 Å². The van der Waals surface area contributed by atoms with Crippen molar-refractivity contribution in [1.82, 2.24) is 4.90 Å². The number of rotatable bonds is 5. The van der Waals surface area contributed by atoms with Gasteiger partial charge in [-0.25, -0.2) is 9.18 Å². The molecule has 0 spiro atoms. The third-order valence-electron chi connectivity index (χ3n) is 5.56. The van der Waals surface area contributed by atoms with Crippen molar-refractivity contribution in [2.45, 2.75) is 59.0 Å². The van der Waals surface area contributed by atoms with Crippen LogP contribution in [0.3, 0.4) is 0 Å². The zero-order valence-electron chi connectivity index (χ0n) is 18.2. The SMILES string of the molecule is CC(C)C[C@H](C(=O)N1CCN(c2ccc(Cl)cc2F)C[C@H]1C)C1OC(C)(C)OC1=O. The molecular weight excluding hydrogens is 411 g/mol. The van der Waals surface area contributed by atoms with Gasteiger partial charge in [-0.3, -0.25) is 4.79 Å². The molecule has 0 bridgehead atoms. The van der Waals surface area contributed by atoms with Crippen molar-refractivity contribution in [3.8, 4) is 0 Å². The van der Waals surface area contributed by atoms with Crippen molar-refractivity contribution in [3.63, 3.8) is 0 Å². The number of esters is 1. The van der Waals surface area contributed by atoms with E-state index >= 15 is 0 Å². The van der Waals surface area contributed by atoms with Crippen LogP contribution in [0, 0.1) is 17.7 Å². The van der Waals surface area contributed by atoms with E-state index < -0.39 is 23.8 Å². The molecule has 166 valence electrons. The van der Waals surface area contributed by atoms with E-state index in [4.69, 9.17) is 21.1 Å². The highest BCUT2D eigenvalue weighted by molar-refractivity contribution is 6.30. The molecule has 1 aromatic carbocycles. The summed E-state index contributed by atoms with van der Waals surface area (Å²) in [5.74, 6) is -2.43. The van der Waals surface area contributed by atoms with Crippen molar-refractivity contribution in [1.29, 1.82) is 0 Å². The molecule has 0 aliphatic carbocycles. The molecule has 6 nitrogen and oxygen atoms in total. The second-order valence-corrected chi connectivity index (χ2v) is 9.45. The summed E-state index contributed by atoms with van der Waals surface area (Å²) in [6, 6.07) is 4.46. The van der Waals surface area contributed by atoms with Crippen LogP contribution in [0.1, 0.15) is 41.0 Å². The lowest BCUT2D eigenvalue weighted by molar-refractivity contribution is -0.163. The van der Waals surface area contributed by atoms with Crippen molar-refractivity contribution < 1.29 is 23.5 Å². The highest BCUT2D eigenvalue weighted by atomic mass is 35.5. The van der Waals surface area contributed by atoms with Gasteiger partial charge in [-0.2, -0.15) is 0 Å². The van der Waals surface area contributed by atoms with E-state index in [-0.39, 0.29) is 23.7 Å². The lowest BCUT2D eigenvalue weighted by Gasteiger charge is -2.42. The first kappa shape index (κ1) is 22.8. The number of hydrogen-bond acceptors (Lipinski definition) is 5. The smallest absolute Gasteiger partial charge is 0.338 e. The molecule has 8 heteroatoms. The van der Waals surface area contributed by atoms with Crippen molar-refractivity contribution >= 4 is 29.2 Å². The molecule has 1 amide bonds. The molecule has 2 aliphatic heterocycles. The minimum absolute atomic E-state index is 0.118. The molecule has 30 heavy (non-hydrogen) atoms. The van der Waals surface area contributed by atoms with E-state index in [1.54, 1.807) is 30.9 Å². The minimum Gasteiger partial charge on any atom is -0.432 e. The number of benzene rings is 1. The Morgan fingerprint density at radius 2 is 2.03 bits per heavy atom. The third-order valence-corrected chi connectivity index (χ3v) is 5.79. The van der Waals surface area contributed by atoms with E-state index in [1.165, 1.54) is 6.07 Å². The van der Waals surface area contributed by atoms with Gasteiger partial charge in [-0.05, 0) is 37.5 Å². The molecule has 2 fully saturated rings. The molecule has 2 heterocycles. The summed E-state index contributed by atoms with van der Waals surface area (Å²) in [4.78, 5) is 29.6. The molecule has 1 unspecified atom stereocenters. The number of halogens is 2. The quantitative estimate of drug-likeness (QED) is 0.651. The maximum atomic E-state index is 14.3. The van der Waals surface area contributed by atoms with Crippen LogP contribution in [0.15, 0.2) is 18.2 Å². The Balaban J connectivity index is 1.75. The van der Waals surface area contributed by atoms with E-state index in [2.05, 4.69) is 0 Å². The van der Waals surface area contributed by atoms with Crippen molar-refractivity contribution in [3.05, 3.63) is 29.0 Å². The van der Waals surface area contributed by atoms with Crippen LogP contribution in [-0.4, -0.2) is 54.3 Å². The van der Waals surface area contributed by atoms with Gasteiger partial charge in [0.15, 0.2) is 6.10 Å². The summed E-state index contributed by atoms with van der Waals surface area (Å²) >= 11 is 5.86. The molecule has 1 aromatic rings. The van der Waals surface area contributed by atoms with Crippen molar-refractivity contribution in [2.75, 3.05) is 24.5 Å². The molecule has 0 aromatic heterocycles. The summed E-state index contributed by atoms with van der Waals surface area (Å²) < 4.78 is 25.4. The Morgan fingerprint density at radius 1 is 1.33 bits per heavy atom. The number of carbonyl (C=O) groups is 2. The minimum atomic E-state index is -1.03. The Bertz CT molecular complexity index is 816. The van der Waals surface area contributed by atoms with Crippen LogP contribution in [0.25, 0.3) is 0 Å². The normalized spacial score (nSPS) is 24.9. The zero-order chi connectivity index (χ0) is 22.2. The maximum Gasteiger partial charge on any atom is 0.338 e. The molecular formula is C22H30ClFN2O4. The Labute approximate surface area is 182 Å². The number of cyclic esters (lactones) is 1. The number of hydrogen-bond donors (Lipinski definition) is 0. The van der Waals surface area contributed by atoms with Gasteiger partial charge in [0.05, 0.1) is 11.6 Å². The highest BCUT2D eigenvalue weighted by Gasteiger charge is 2.49. The molecule has 0 saturated carbocycles. The van der Waals surface area contributed by atoms with E-state index in [0.717, 1.165) is 0 Å².